The fourth-order valence-electron chi connectivity index (χ4n) is 2.10. The highest BCUT2D eigenvalue weighted by Crippen LogP contribution is 2.24. The quantitative estimate of drug-likeness (QED) is 0.472. The second-order valence-corrected chi connectivity index (χ2v) is 8.43. The van der Waals surface area contributed by atoms with Crippen molar-refractivity contribution in [3.63, 3.8) is 0 Å². The maximum Gasteiger partial charge on any atom is 0.229 e. The molecule has 0 spiro atoms. The number of thioether (sulfide) groups is 1. The van der Waals surface area contributed by atoms with E-state index in [4.69, 9.17) is 5.73 Å². The fraction of sp³-hybridized carbons (Fsp3) is 0.368. The van der Waals surface area contributed by atoms with Crippen LogP contribution in [0.15, 0.2) is 35.5 Å². The highest BCUT2D eigenvalue weighted by molar-refractivity contribution is 8.00. The van der Waals surface area contributed by atoms with Crippen molar-refractivity contribution in [3.05, 3.63) is 41.6 Å². The number of rotatable bonds is 5. The lowest BCUT2D eigenvalue weighted by atomic mass is 9.95. The van der Waals surface area contributed by atoms with Gasteiger partial charge in [-0.25, -0.2) is 9.97 Å². The van der Waals surface area contributed by atoms with Gasteiger partial charge in [0.2, 0.25) is 5.91 Å². The molecule has 0 aliphatic carbocycles. The third-order valence-electron chi connectivity index (χ3n) is 3.61. The van der Waals surface area contributed by atoms with Crippen LogP contribution in [0.4, 0.5) is 11.5 Å². The number of anilines is 2. The predicted octanol–water partition coefficient (Wildman–Crippen LogP) is 3.72. The van der Waals surface area contributed by atoms with Crippen molar-refractivity contribution in [2.45, 2.75) is 45.0 Å². The summed E-state index contributed by atoms with van der Waals surface area (Å²) in [4.78, 5) is 33.1. The van der Waals surface area contributed by atoms with E-state index in [9.17, 15) is 9.59 Å². The fourth-order valence-corrected chi connectivity index (χ4v) is 3.01. The van der Waals surface area contributed by atoms with Gasteiger partial charge in [-0.2, -0.15) is 0 Å². The molecule has 0 saturated carbocycles. The Morgan fingerprint density at radius 1 is 1.15 bits per heavy atom. The Morgan fingerprint density at radius 2 is 1.77 bits per heavy atom. The molecule has 0 radical (unpaired) electrons. The van der Waals surface area contributed by atoms with Gasteiger partial charge >= 0.3 is 0 Å². The number of amides is 1. The molecule has 0 saturated heterocycles. The first-order valence-electron chi connectivity index (χ1n) is 8.30. The molecular weight excluding hydrogens is 348 g/mol. The summed E-state index contributed by atoms with van der Waals surface area (Å²) in [5, 5.41) is 2.97. The monoisotopic (exact) mass is 372 g/mol. The van der Waals surface area contributed by atoms with Crippen LogP contribution in [-0.2, 0) is 4.79 Å². The molecule has 3 N–H and O–H groups in total. The number of nitrogens with zero attached hydrogens (tertiary/aromatic N) is 2. The first-order chi connectivity index (χ1) is 12.1. The van der Waals surface area contributed by atoms with Crippen LogP contribution in [0.5, 0.6) is 0 Å². The number of ketones is 1. The van der Waals surface area contributed by atoms with E-state index < -0.39 is 5.41 Å². The molecule has 1 aromatic carbocycles. The van der Waals surface area contributed by atoms with Gasteiger partial charge in [0, 0.05) is 28.4 Å². The van der Waals surface area contributed by atoms with Crippen LogP contribution in [0, 0.1) is 12.3 Å². The number of benzene rings is 1. The Hall–Kier alpha value is -2.41. The zero-order valence-electron chi connectivity index (χ0n) is 15.7. The smallest absolute Gasteiger partial charge is 0.229 e. The third-order valence-corrected chi connectivity index (χ3v) is 4.57. The number of carbonyl (C=O) groups excluding carboxylic acids is 2. The van der Waals surface area contributed by atoms with Crippen LogP contribution in [0.25, 0.3) is 0 Å². The molecule has 1 amide bonds. The highest BCUT2D eigenvalue weighted by atomic mass is 32.2. The molecular formula is C19H24N4O2S. The maximum absolute atomic E-state index is 12.6. The van der Waals surface area contributed by atoms with Crippen LogP contribution in [0.2, 0.25) is 0 Å². The lowest BCUT2D eigenvalue weighted by Crippen LogP contribution is -2.27. The molecule has 0 bridgehead atoms. The SMILES string of the molecule is Cc1cc(N)nc(S[C@H](C)C(=O)c2ccc(NC(=O)C(C)(C)C)cc2)n1. The van der Waals surface area contributed by atoms with Gasteiger partial charge in [-0.15, -0.1) is 0 Å². The number of hydrogen-bond acceptors (Lipinski definition) is 6. The summed E-state index contributed by atoms with van der Waals surface area (Å²) in [6.07, 6.45) is 0. The number of nitrogen functional groups attached to an aromatic ring is 1. The van der Waals surface area contributed by atoms with Gasteiger partial charge in [0.1, 0.15) is 5.82 Å². The van der Waals surface area contributed by atoms with Gasteiger partial charge in [-0.3, -0.25) is 9.59 Å². The molecule has 138 valence electrons. The second kappa shape index (κ2) is 7.86. The van der Waals surface area contributed by atoms with Crippen LogP contribution in [0.1, 0.15) is 43.7 Å². The summed E-state index contributed by atoms with van der Waals surface area (Å²) in [6.45, 7) is 9.18. The molecule has 0 aliphatic rings. The zero-order chi connectivity index (χ0) is 19.5. The molecule has 1 aromatic heterocycles. The number of nitrogens with one attached hydrogen (secondary N) is 1. The molecule has 7 heteroatoms. The first kappa shape index (κ1) is 19.9. The third kappa shape index (κ3) is 5.29. The van der Waals surface area contributed by atoms with Crippen LogP contribution < -0.4 is 11.1 Å². The molecule has 1 atom stereocenters. The summed E-state index contributed by atoms with van der Waals surface area (Å²) in [5.74, 6) is 0.278. The number of carbonyl (C=O) groups is 2. The summed E-state index contributed by atoms with van der Waals surface area (Å²) in [5.41, 5.74) is 7.24. The minimum Gasteiger partial charge on any atom is -0.384 e. The lowest BCUT2D eigenvalue weighted by molar-refractivity contribution is -0.123. The molecule has 2 aromatic rings. The second-order valence-electron chi connectivity index (χ2n) is 7.12. The average molecular weight is 372 g/mol. The van der Waals surface area contributed by atoms with Crippen LogP contribution in [0.3, 0.4) is 0 Å². The van der Waals surface area contributed by atoms with Gasteiger partial charge in [0.15, 0.2) is 10.9 Å². The summed E-state index contributed by atoms with van der Waals surface area (Å²) >= 11 is 1.27. The topological polar surface area (TPSA) is 98.0 Å². The highest BCUT2D eigenvalue weighted by Gasteiger charge is 2.22. The van der Waals surface area contributed by atoms with Gasteiger partial charge in [-0.05, 0) is 38.1 Å². The summed E-state index contributed by atoms with van der Waals surface area (Å²) in [6, 6.07) is 8.57. The Labute approximate surface area is 158 Å². The predicted molar refractivity (Wildman–Crippen MR) is 105 cm³/mol. The number of nitrogens with two attached hydrogens (primary N) is 1. The molecule has 6 nitrogen and oxygen atoms in total. The molecule has 1 heterocycles. The largest absolute Gasteiger partial charge is 0.384 e. The van der Waals surface area contributed by atoms with Crippen LogP contribution >= 0.6 is 11.8 Å². The van der Waals surface area contributed by atoms with E-state index in [1.54, 1.807) is 30.3 Å². The molecule has 2 rings (SSSR count). The number of hydrogen-bond donors (Lipinski definition) is 2. The number of Topliss-reactive ketones (excluding diaryl/α,β-unsaturated/α-hetero) is 1. The Balaban J connectivity index is 2.05. The van der Waals surface area contributed by atoms with E-state index >= 15 is 0 Å². The minimum atomic E-state index is -0.477. The number of aryl methyl sites for hydroxylation is 1. The van der Waals surface area contributed by atoms with Gasteiger partial charge < -0.3 is 11.1 Å². The van der Waals surface area contributed by atoms with Crippen molar-refractivity contribution in [2.75, 3.05) is 11.1 Å². The van der Waals surface area contributed by atoms with Gasteiger partial charge in [0.05, 0.1) is 5.25 Å². The molecule has 26 heavy (non-hydrogen) atoms. The van der Waals surface area contributed by atoms with Crippen molar-refractivity contribution in [1.29, 1.82) is 0 Å². The van der Waals surface area contributed by atoms with Crippen LogP contribution in [-0.4, -0.2) is 26.9 Å². The van der Waals surface area contributed by atoms with E-state index in [1.165, 1.54) is 11.8 Å². The van der Waals surface area contributed by atoms with Crippen molar-refractivity contribution in [3.8, 4) is 0 Å². The van der Waals surface area contributed by atoms with E-state index in [1.807, 2.05) is 34.6 Å². The maximum atomic E-state index is 12.6. The number of aromatic nitrogens is 2. The Kier molecular flexibility index (Phi) is 6.02. The molecule has 0 aliphatic heterocycles. The van der Waals surface area contributed by atoms with Crippen molar-refractivity contribution < 1.29 is 9.59 Å². The summed E-state index contributed by atoms with van der Waals surface area (Å²) in [7, 11) is 0. The molecule has 0 fully saturated rings. The normalized spacial score (nSPS) is 12.5. The van der Waals surface area contributed by atoms with E-state index in [0.29, 0.717) is 22.2 Å². The van der Waals surface area contributed by atoms with E-state index in [2.05, 4.69) is 15.3 Å². The van der Waals surface area contributed by atoms with E-state index in [0.717, 1.165) is 5.69 Å². The molecule has 0 unspecified atom stereocenters. The van der Waals surface area contributed by atoms with Crippen molar-refractivity contribution in [2.24, 2.45) is 5.41 Å². The standard InChI is InChI=1S/C19H24N4O2S/c1-11-10-15(20)23-18(21-11)26-12(2)16(24)13-6-8-14(9-7-13)22-17(25)19(3,4)5/h6-10,12H,1-5H3,(H,22,25)(H2,20,21,23)/t12-/m1/s1. The van der Waals surface area contributed by atoms with Gasteiger partial charge in [0.25, 0.3) is 0 Å². The van der Waals surface area contributed by atoms with Crippen molar-refractivity contribution in [1.82, 2.24) is 9.97 Å². The van der Waals surface area contributed by atoms with E-state index in [-0.39, 0.29) is 16.9 Å². The first-order valence-corrected chi connectivity index (χ1v) is 9.18. The van der Waals surface area contributed by atoms with Crippen molar-refractivity contribution >= 4 is 35.0 Å². The lowest BCUT2D eigenvalue weighted by Gasteiger charge is -2.17. The Morgan fingerprint density at radius 3 is 2.31 bits per heavy atom. The summed E-state index contributed by atoms with van der Waals surface area (Å²) < 4.78 is 0. The zero-order valence-corrected chi connectivity index (χ0v) is 16.5. The van der Waals surface area contributed by atoms with Gasteiger partial charge in [-0.1, -0.05) is 32.5 Å². The minimum absolute atomic E-state index is 0.0348. The average Bonchev–Trinajstić information content (AvgIpc) is 2.53. The Bertz CT molecular complexity index is 793.